The predicted octanol–water partition coefficient (Wildman–Crippen LogP) is -0.0226. The van der Waals surface area contributed by atoms with Crippen LogP contribution in [0.5, 0.6) is 0 Å². The fourth-order valence-electron chi connectivity index (χ4n) is 2.52. The minimum atomic E-state index is -0.246. The van der Waals surface area contributed by atoms with Crippen LogP contribution in [-0.4, -0.2) is 20.7 Å². The Morgan fingerprint density at radius 3 is 3.10 bits per heavy atom. The maximum Gasteiger partial charge on any atom is 0.294 e. The smallest absolute Gasteiger partial charge is 0.294 e. The summed E-state index contributed by atoms with van der Waals surface area (Å²) in [5.41, 5.74) is 2.33. The molecule has 2 aromatic heterocycles. The molecule has 0 spiro atoms. The molecule has 0 fully saturated rings. The Morgan fingerprint density at radius 1 is 1.20 bits per heavy atom. The molecule has 4 heterocycles. The summed E-state index contributed by atoms with van der Waals surface area (Å²) in [6, 6.07) is 0. The lowest BCUT2D eigenvalue weighted by Gasteiger charge is -2.11. The number of rotatable bonds is 0. The Morgan fingerprint density at radius 2 is 2.15 bits per heavy atom. The van der Waals surface area contributed by atoms with Gasteiger partial charge in [0.15, 0.2) is 0 Å². The lowest BCUT2D eigenvalue weighted by molar-refractivity contribution is 1.02. The van der Waals surface area contributed by atoms with Crippen LogP contribution in [0.15, 0.2) is 34.2 Å². The van der Waals surface area contributed by atoms with E-state index in [1.165, 1.54) is 0 Å². The van der Waals surface area contributed by atoms with Gasteiger partial charge in [-0.2, -0.15) is 0 Å². The van der Waals surface area contributed by atoms with Gasteiger partial charge in [-0.05, 0) is 12.2 Å². The molecule has 0 amide bonds. The number of hydrogen-bond acceptors (Lipinski definition) is 4. The molecule has 2 aromatic rings. The molecule has 2 aliphatic heterocycles. The molecule has 0 saturated heterocycles. The molecule has 0 aromatic carbocycles. The second kappa shape index (κ2) is 4.09. The van der Waals surface area contributed by atoms with Crippen molar-refractivity contribution in [1.29, 1.82) is 0 Å². The zero-order valence-electron chi connectivity index (χ0n) is 10.5. The fraction of sp³-hybridized carbons (Fsp3) is 0.0667. The van der Waals surface area contributed by atoms with Gasteiger partial charge in [-0.25, -0.2) is 4.98 Å². The molecule has 0 bridgehead atoms. The lowest BCUT2D eigenvalue weighted by Crippen LogP contribution is -2.36. The van der Waals surface area contributed by atoms with Gasteiger partial charge in [-0.1, -0.05) is 12.2 Å². The molecule has 0 atom stereocenters. The molecule has 0 saturated carbocycles. The molecule has 0 unspecified atom stereocenters. The quantitative estimate of drug-likeness (QED) is 0.670. The topological polar surface area (TPSA) is 60.1 Å². The van der Waals surface area contributed by atoms with Crippen molar-refractivity contribution in [1.82, 2.24) is 14.5 Å². The number of nitrogens with zero attached hydrogens (tertiary/aromatic N) is 4. The molecule has 4 rings (SSSR count). The monoisotopic (exact) mass is 262 g/mol. The predicted molar refractivity (Wildman–Crippen MR) is 78.6 cm³/mol. The van der Waals surface area contributed by atoms with Crippen LogP contribution >= 0.6 is 0 Å². The number of aliphatic imine (C=N–C) groups is 1. The van der Waals surface area contributed by atoms with Crippen LogP contribution in [0.4, 0.5) is 0 Å². The summed E-state index contributed by atoms with van der Waals surface area (Å²) < 4.78 is 1.89. The van der Waals surface area contributed by atoms with E-state index in [-0.39, 0.29) is 5.56 Å². The normalized spacial score (nSPS) is 15.2. The van der Waals surface area contributed by atoms with Gasteiger partial charge in [0.25, 0.3) is 5.56 Å². The summed E-state index contributed by atoms with van der Waals surface area (Å²) >= 11 is 0. The number of pyridine rings is 1. The van der Waals surface area contributed by atoms with E-state index in [4.69, 9.17) is 0 Å². The minimum Gasteiger partial charge on any atom is -0.310 e. The van der Waals surface area contributed by atoms with Crippen molar-refractivity contribution in [3.8, 4) is 0 Å². The Labute approximate surface area is 113 Å². The highest BCUT2D eigenvalue weighted by atomic mass is 16.1. The lowest BCUT2D eigenvalue weighted by atomic mass is 10.1. The van der Waals surface area contributed by atoms with Crippen LogP contribution in [0.1, 0.15) is 5.56 Å². The van der Waals surface area contributed by atoms with Gasteiger partial charge in [-0.15, -0.1) is 0 Å². The number of fused-ring (bicyclic) bond motifs is 5. The highest BCUT2D eigenvalue weighted by Crippen LogP contribution is 2.12. The third-order valence-electron chi connectivity index (χ3n) is 3.41. The third-order valence-corrected chi connectivity index (χ3v) is 3.41. The maximum atomic E-state index is 12.1. The average Bonchev–Trinajstić information content (AvgIpc) is 2.73. The fourth-order valence-corrected chi connectivity index (χ4v) is 2.52. The summed E-state index contributed by atoms with van der Waals surface area (Å²) in [6.07, 6.45) is 15.2. The first-order valence-electron chi connectivity index (χ1n) is 6.32. The molecule has 0 N–H and O–H groups in total. The Hall–Kier alpha value is -2.82. The van der Waals surface area contributed by atoms with E-state index in [0.29, 0.717) is 17.3 Å². The summed E-state index contributed by atoms with van der Waals surface area (Å²) in [6.45, 7) is 0. The molecule has 0 aliphatic carbocycles. The van der Waals surface area contributed by atoms with Gasteiger partial charge in [0.1, 0.15) is 10.9 Å². The molecule has 96 valence electrons. The van der Waals surface area contributed by atoms with Gasteiger partial charge in [0.2, 0.25) is 0 Å². The molecule has 0 radical (unpaired) electrons. The van der Waals surface area contributed by atoms with E-state index in [1.807, 2.05) is 35.2 Å². The van der Waals surface area contributed by atoms with Gasteiger partial charge < -0.3 is 4.57 Å². The molecule has 5 heteroatoms. The van der Waals surface area contributed by atoms with E-state index in [9.17, 15) is 4.79 Å². The Balaban J connectivity index is 2.30. The van der Waals surface area contributed by atoms with E-state index in [0.717, 1.165) is 16.4 Å². The van der Waals surface area contributed by atoms with Crippen molar-refractivity contribution in [3.05, 3.63) is 51.0 Å². The van der Waals surface area contributed by atoms with Crippen LogP contribution in [0.25, 0.3) is 29.5 Å². The van der Waals surface area contributed by atoms with Gasteiger partial charge in [-0.3, -0.25) is 14.8 Å². The first kappa shape index (κ1) is 11.0. The second-order valence-corrected chi connectivity index (χ2v) is 4.59. The first-order valence-corrected chi connectivity index (χ1v) is 6.32. The summed E-state index contributed by atoms with van der Waals surface area (Å²) in [4.78, 5) is 24.7. The van der Waals surface area contributed by atoms with Crippen LogP contribution in [0.3, 0.4) is 0 Å². The van der Waals surface area contributed by atoms with Crippen LogP contribution in [0.2, 0.25) is 0 Å². The van der Waals surface area contributed by atoms with Crippen molar-refractivity contribution in [3.63, 3.8) is 0 Å². The largest absolute Gasteiger partial charge is 0.310 e. The highest BCUT2D eigenvalue weighted by molar-refractivity contribution is 5.84. The SMILES string of the molecule is O=c1nc2cnc3c(c2n2c1=CC=CC=C2)CC=NC=3. The van der Waals surface area contributed by atoms with Crippen molar-refractivity contribution in [2.24, 2.45) is 4.99 Å². The third kappa shape index (κ3) is 1.50. The van der Waals surface area contributed by atoms with Crippen molar-refractivity contribution >= 4 is 35.7 Å². The molecule has 5 nitrogen and oxygen atoms in total. The van der Waals surface area contributed by atoms with Crippen molar-refractivity contribution < 1.29 is 0 Å². The summed E-state index contributed by atoms with van der Waals surface area (Å²) in [5, 5.41) is 1.39. The van der Waals surface area contributed by atoms with Crippen molar-refractivity contribution in [2.75, 3.05) is 0 Å². The molecular weight excluding hydrogens is 252 g/mol. The van der Waals surface area contributed by atoms with Gasteiger partial charge >= 0.3 is 0 Å². The number of aromatic nitrogens is 3. The average molecular weight is 262 g/mol. The zero-order valence-corrected chi connectivity index (χ0v) is 10.5. The van der Waals surface area contributed by atoms with E-state index in [1.54, 1.807) is 18.5 Å². The maximum absolute atomic E-state index is 12.1. The van der Waals surface area contributed by atoms with Crippen molar-refractivity contribution in [2.45, 2.75) is 6.42 Å². The Bertz CT molecular complexity index is 993. The van der Waals surface area contributed by atoms with E-state index >= 15 is 0 Å². The molecular formula is C15H10N4O. The molecule has 20 heavy (non-hydrogen) atoms. The highest BCUT2D eigenvalue weighted by Gasteiger charge is 2.12. The summed E-state index contributed by atoms with van der Waals surface area (Å²) in [7, 11) is 0. The number of hydrogen-bond donors (Lipinski definition) is 0. The van der Waals surface area contributed by atoms with Crippen LogP contribution in [-0.2, 0) is 6.42 Å². The number of allylic oxidation sites excluding steroid dienone is 3. The Kier molecular flexibility index (Phi) is 2.26. The zero-order chi connectivity index (χ0) is 13.5. The molecule has 2 aliphatic rings. The van der Waals surface area contributed by atoms with Gasteiger partial charge in [0.05, 0.1) is 23.3 Å². The minimum absolute atomic E-state index is 0.246. The van der Waals surface area contributed by atoms with E-state index in [2.05, 4.69) is 15.0 Å². The standard InChI is InChI=1S/C15H10N4O/c20-15-13-4-2-1-3-7-19(13)14-10-5-6-16-8-11(10)17-9-12(14)18-15/h1-4,6-9H,5H2. The first-order chi connectivity index (χ1) is 9.84. The second-order valence-electron chi connectivity index (χ2n) is 4.59. The van der Waals surface area contributed by atoms with Crippen LogP contribution in [0, 0.1) is 0 Å². The van der Waals surface area contributed by atoms with Crippen LogP contribution < -0.4 is 16.3 Å². The summed E-state index contributed by atoms with van der Waals surface area (Å²) in [5.74, 6) is 0. The van der Waals surface area contributed by atoms with Gasteiger partial charge in [0, 0.05) is 24.4 Å². The van der Waals surface area contributed by atoms with E-state index < -0.39 is 0 Å².